The molecule has 120 valence electrons. The second kappa shape index (κ2) is 7.68. The molecule has 0 N–H and O–H groups in total. The molecule has 0 aliphatic rings. The molecular formula is C18H18INO3. The van der Waals surface area contributed by atoms with Gasteiger partial charge in [-0.05, 0) is 47.6 Å². The van der Waals surface area contributed by atoms with Crippen molar-refractivity contribution in [1.82, 2.24) is 4.98 Å². The molecule has 0 amide bonds. The maximum atomic E-state index is 5.80. The average molecular weight is 423 g/mol. The Hall–Kier alpha value is -1.76. The largest absolute Gasteiger partial charge is 0.493 e. The van der Waals surface area contributed by atoms with Gasteiger partial charge in [0.15, 0.2) is 17.1 Å². The summed E-state index contributed by atoms with van der Waals surface area (Å²) in [6.07, 6.45) is 2.20. The predicted octanol–water partition coefficient (Wildman–Crippen LogP) is 5.10. The Balaban J connectivity index is 1.83. The third kappa shape index (κ3) is 3.77. The van der Waals surface area contributed by atoms with Gasteiger partial charge in [-0.15, -0.1) is 0 Å². The van der Waals surface area contributed by atoms with E-state index in [1.54, 1.807) is 7.11 Å². The number of alkyl halides is 1. The van der Waals surface area contributed by atoms with Crippen LogP contribution in [0.15, 0.2) is 46.9 Å². The molecule has 0 spiro atoms. The van der Waals surface area contributed by atoms with Crippen LogP contribution in [0.25, 0.3) is 22.6 Å². The van der Waals surface area contributed by atoms with Gasteiger partial charge in [-0.2, -0.15) is 0 Å². The molecule has 2 aromatic carbocycles. The van der Waals surface area contributed by atoms with E-state index in [9.17, 15) is 0 Å². The molecular weight excluding hydrogens is 405 g/mol. The summed E-state index contributed by atoms with van der Waals surface area (Å²) >= 11 is 2.37. The number of nitrogens with zero attached hydrogens (tertiary/aromatic N) is 1. The summed E-state index contributed by atoms with van der Waals surface area (Å²) in [5, 5.41) is 0. The Morgan fingerprint density at radius 3 is 2.74 bits per heavy atom. The zero-order chi connectivity index (χ0) is 16.1. The molecule has 0 saturated heterocycles. The van der Waals surface area contributed by atoms with Crippen LogP contribution in [-0.2, 0) is 0 Å². The number of benzene rings is 2. The van der Waals surface area contributed by atoms with Gasteiger partial charge in [0.2, 0.25) is 5.89 Å². The smallest absolute Gasteiger partial charge is 0.227 e. The van der Waals surface area contributed by atoms with Crippen molar-refractivity contribution in [3.05, 3.63) is 42.5 Å². The van der Waals surface area contributed by atoms with E-state index in [0.29, 0.717) is 18.2 Å². The lowest BCUT2D eigenvalue weighted by Gasteiger charge is -2.11. The highest BCUT2D eigenvalue weighted by molar-refractivity contribution is 14.1. The standard InChI is InChI=1S/C18H18INO3/c1-21-17-12-13(8-9-16(17)22-11-5-4-10-19)18-20-14-6-2-3-7-15(14)23-18/h2-3,6-9,12H,4-5,10-11H2,1H3. The van der Waals surface area contributed by atoms with Gasteiger partial charge in [-0.1, -0.05) is 34.7 Å². The van der Waals surface area contributed by atoms with Crippen LogP contribution in [-0.4, -0.2) is 23.1 Å². The van der Waals surface area contributed by atoms with E-state index < -0.39 is 0 Å². The summed E-state index contributed by atoms with van der Waals surface area (Å²) in [5.74, 6) is 2.03. The van der Waals surface area contributed by atoms with Crippen molar-refractivity contribution in [3.63, 3.8) is 0 Å². The molecule has 1 heterocycles. The number of rotatable bonds is 7. The highest BCUT2D eigenvalue weighted by Gasteiger charge is 2.12. The number of para-hydroxylation sites is 2. The van der Waals surface area contributed by atoms with Crippen molar-refractivity contribution >= 4 is 33.7 Å². The zero-order valence-electron chi connectivity index (χ0n) is 12.9. The molecule has 5 heteroatoms. The van der Waals surface area contributed by atoms with Crippen LogP contribution in [0.4, 0.5) is 0 Å². The monoisotopic (exact) mass is 423 g/mol. The van der Waals surface area contributed by atoms with Crippen LogP contribution in [0.1, 0.15) is 12.8 Å². The van der Waals surface area contributed by atoms with E-state index in [0.717, 1.165) is 39.7 Å². The minimum Gasteiger partial charge on any atom is -0.493 e. The molecule has 0 aliphatic heterocycles. The molecule has 0 aliphatic carbocycles. The molecule has 0 bridgehead atoms. The topological polar surface area (TPSA) is 44.5 Å². The van der Waals surface area contributed by atoms with Crippen LogP contribution >= 0.6 is 22.6 Å². The first-order valence-corrected chi connectivity index (χ1v) is 9.07. The molecule has 23 heavy (non-hydrogen) atoms. The molecule has 0 atom stereocenters. The number of ether oxygens (including phenoxy) is 2. The molecule has 1 aromatic heterocycles. The molecule has 3 rings (SSSR count). The quantitative estimate of drug-likeness (QED) is 0.302. The summed E-state index contributed by atoms with van der Waals surface area (Å²) in [6, 6.07) is 13.5. The Morgan fingerprint density at radius 2 is 1.96 bits per heavy atom. The van der Waals surface area contributed by atoms with Gasteiger partial charge in [0.05, 0.1) is 13.7 Å². The van der Waals surface area contributed by atoms with Crippen molar-refractivity contribution < 1.29 is 13.9 Å². The number of aromatic nitrogens is 1. The maximum absolute atomic E-state index is 5.80. The van der Waals surface area contributed by atoms with Crippen LogP contribution in [0, 0.1) is 0 Å². The lowest BCUT2D eigenvalue weighted by Crippen LogP contribution is -1.99. The lowest BCUT2D eigenvalue weighted by molar-refractivity contribution is 0.289. The van der Waals surface area contributed by atoms with Crippen LogP contribution in [0.5, 0.6) is 11.5 Å². The first kappa shape index (κ1) is 16.1. The normalized spacial score (nSPS) is 10.9. The fourth-order valence-electron chi connectivity index (χ4n) is 2.29. The number of methoxy groups -OCH3 is 1. The molecule has 0 fully saturated rings. The van der Waals surface area contributed by atoms with Crippen molar-refractivity contribution in [1.29, 1.82) is 0 Å². The third-order valence-electron chi connectivity index (χ3n) is 3.49. The second-order valence-corrected chi connectivity index (χ2v) is 6.18. The average Bonchev–Trinajstić information content (AvgIpc) is 3.03. The second-order valence-electron chi connectivity index (χ2n) is 5.10. The summed E-state index contributed by atoms with van der Waals surface area (Å²) in [4.78, 5) is 4.51. The Kier molecular flexibility index (Phi) is 5.38. The molecule has 3 aromatic rings. The van der Waals surface area contributed by atoms with E-state index in [1.807, 2.05) is 42.5 Å². The lowest BCUT2D eigenvalue weighted by atomic mass is 10.2. The summed E-state index contributed by atoms with van der Waals surface area (Å²) in [6.45, 7) is 0.696. The van der Waals surface area contributed by atoms with Gasteiger partial charge in [-0.25, -0.2) is 4.98 Å². The number of unbranched alkanes of at least 4 members (excludes halogenated alkanes) is 1. The van der Waals surface area contributed by atoms with Crippen molar-refractivity contribution in [2.75, 3.05) is 18.1 Å². The van der Waals surface area contributed by atoms with Gasteiger partial charge >= 0.3 is 0 Å². The van der Waals surface area contributed by atoms with E-state index in [4.69, 9.17) is 13.9 Å². The van der Waals surface area contributed by atoms with Gasteiger partial charge in [-0.3, -0.25) is 0 Å². The van der Waals surface area contributed by atoms with Crippen LogP contribution in [0.3, 0.4) is 0 Å². The number of oxazole rings is 1. The number of hydrogen-bond acceptors (Lipinski definition) is 4. The highest BCUT2D eigenvalue weighted by atomic mass is 127. The SMILES string of the molecule is COc1cc(-c2nc3ccccc3o2)ccc1OCCCCI. The maximum Gasteiger partial charge on any atom is 0.227 e. The van der Waals surface area contributed by atoms with Crippen LogP contribution < -0.4 is 9.47 Å². The zero-order valence-corrected chi connectivity index (χ0v) is 15.1. The van der Waals surface area contributed by atoms with E-state index >= 15 is 0 Å². The Labute approximate surface area is 148 Å². The first-order chi connectivity index (χ1) is 11.3. The van der Waals surface area contributed by atoms with Crippen molar-refractivity contribution in [3.8, 4) is 23.0 Å². The minimum atomic E-state index is 0.584. The molecule has 4 nitrogen and oxygen atoms in total. The molecule has 0 saturated carbocycles. The van der Waals surface area contributed by atoms with Gasteiger partial charge in [0.1, 0.15) is 5.52 Å². The molecule has 0 unspecified atom stereocenters. The van der Waals surface area contributed by atoms with Gasteiger partial charge in [0.25, 0.3) is 0 Å². The molecule has 0 radical (unpaired) electrons. The van der Waals surface area contributed by atoms with Gasteiger partial charge in [0, 0.05) is 5.56 Å². The summed E-state index contributed by atoms with van der Waals surface area (Å²) in [5.41, 5.74) is 2.50. The summed E-state index contributed by atoms with van der Waals surface area (Å²) < 4.78 is 18.2. The van der Waals surface area contributed by atoms with E-state index in [2.05, 4.69) is 27.6 Å². The predicted molar refractivity (Wildman–Crippen MR) is 99.6 cm³/mol. The van der Waals surface area contributed by atoms with E-state index in [-0.39, 0.29) is 0 Å². The number of halogens is 1. The number of fused-ring (bicyclic) bond motifs is 1. The summed E-state index contributed by atoms with van der Waals surface area (Å²) in [7, 11) is 1.64. The van der Waals surface area contributed by atoms with Crippen molar-refractivity contribution in [2.45, 2.75) is 12.8 Å². The number of hydrogen-bond donors (Lipinski definition) is 0. The fourth-order valence-corrected chi connectivity index (χ4v) is 2.83. The first-order valence-electron chi connectivity index (χ1n) is 7.54. The van der Waals surface area contributed by atoms with Gasteiger partial charge < -0.3 is 13.9 Å². The van der Waals surface area contributed by atoms with Crippen LogP contribution in [0.2, 0.25) is 0 Å². The third-order valence-corrected chi connectivity index (χ3v) is 4.25. The highest BCUT2D eigenvalue weighted by Crippen LogP contribution is 2.33. The fraction of sp³-hybridized carbons (Fsp3) is 0.278. The van der Waals surface area contributed by atoms with E-state index in [1.165, 1.54) is 0 Å². The Bertz CT molecular complexity index is 752. The van der Waals surface area contributed by atoms with Crippen molar-refractivity contribution in [2.24, 2.45) is 0 Å². The Morgan fingerprint density at radius 1 is 1.09 bits per heavy atom. The minimum absolute atomic E-state index is 0.584.